The van der Waals surface area contributed by atoms with Crippen LogP contribution in [0.5, 0.6) is 0 Å². The van der Waals surface area contributed by atoms with E-state index in [0.29, 0.717) is 13.2 Å². The lowest BCUT2D eigenvalue weighted by Crippen LogP contribution is -2.22. The summed E-state index contributed by atoms with van der Waals surface area (Å²) in [5.41, 5.74) is 0. The van der Waals surface area contributed by atoms with Gasteiger partial charge in [0.15, 0.2) is 12.6 Å². The van der Waals surface area contributed by atoms with Crippen LogP contribution in [-0.4, -0.2) is 52.2 Å². The van der Waals surface area contributed by atoms with Crippen LogP contribution in [0.3, 0.4) is 0 Å². The van der Waals surface area contributed by atoms with Gasteiger partial charge in [-0.2, -0.15) is 0 Å². The molecule has 2 rings (SSSR count). The number of ether oxygens (including phenoxy) is 5. The van der Waals surface area contributed by atoms with Gasteiger partial charge < -0.3 is 23.7 Å². The highest BCUT2D eigenvalue weighted by atomic mass is 16.7. The van der Waals surface area contributed by atoms with Gasteiger partial charge in [0, 0.05) is 0 Å². The van der Waals surface area contributed by atoms with E-state index in [-0.39, 0.29) is 12.6 Å². The molecule has 2 aliphatic rings. The monoisotopic (exact) mass is 270 g/mol. The van der Waals surface area contributed by atoms with Crippen molar-refractivity contribution in [1.29, 1.82) is 0 Å². The maximum Gasteiger partial charge on any atom is 0.176 e. The van der Waals surface area contributed by atoms with Crippen LogP contribution in [-0.2, 0) is 23.7 Å². The lowest BCUT2D eigenvalue weighted by molar-refractivity contribution is -0.150. The Morgan fingerprint density at radius 1 is 0.737 bits per heavy atom. The van der Waals surface area contributed by atoms with Crippen molar-refractivity contribution in [3.63, 3.8) is 0 Å². The highest BCUT2D eigenvalue weighted by Crippen LogP contribution is 2.06. The molecule has 0 spiro atoms. The second-order valence-electron chi connectivity index (χ2n) is 4.32. The van der Waals surface area contributed by atoms with Crippen LogP contribution in [0.15, 0.2) is 24.3 Å². The molecule has 5 heteroatoms. The SMILES string of the molecule is C(=CC1OCCCO1)COCC=CC1OCCCO1. The van der Waals surface area contributed by atoms with E-state index in [4.69, 9.17) is 23.7 Å². The zero-order valence-corrected chi connectivity index (χ0v) is 11.2. The molecule has 108 valence electrons. The number of hydrogen-bond donors (Lipinski definition) is 0. The van der Waals surface area contributed by atoms with Crippen molar-refractivity contribution < 1.29 is 23.7 Å². The molecule has 2 heterocycles. The molecule has 0 aliphatic carbocycles. The van der Waals surface area contributed by atoms with Gasteiger partial charge in [0.2, 0.25) is 0 Å². The van der Waals surface area contributed by atoms with Crippen LogP contribution in [0, 0.1) is 0 Å². The molecule has 2 aliphatic heterocycles. The molecule has 0 bridgehead atoms. The Morgan fingerprint density at radius 2 is 1.16 bits per heavy atom. The first-order valence-electron chi connectivity index (χ1n) is 6.82. The summed E-state index contributed by atoms with van der Waals surface area (Å²) in [6, 6.07) is 0. The van der Waals surface area contributed by atoms with E-state index < -0.39 is 0 Å². The quantitative estimate of drug-likeness (QED) is 0.542. The van der Waals surface area contributed by atoms with Gasteiger partial charge in [0.1, 0.15) is 0 Å². The molecular weight excluding hydrogens is 248 g/mol. The summed E-state index contributed by atoms with van der Waals surface area (Å²) >= 11 is 0. The Hall–Kier alpha value is -0.720. The van der Waals surface area contributed by atoms with Crippen molar-refractivity contribution in [3.8, 4) is 0 Å². The van der Waals surface area contributed by atoms with Crippen LogP contribution in [0.4, 0.5) is 0 Å². The first-order valence-corrected chi connectivity index (χ1v) is 6.82. The number of rotatable bonds is 6. The Balaban J connectivity index is 1.49. The van der Waals surface area contributed by atoms with Crippen LogP contribution in [0.2, 0.25) is 0 Å². The second-order valence-corrected chi connectivity index (χ2v) is 4.32. The Morgan fingerprint density at radius 3 is 1.58 bits per heavy atom. The Labute approximate surface area is 114 Å². The maximum absolute atomic E-state index is 5.42. The lowest BCUT2D eigenvalue weighted by Gasteiger charge is -2.20. The average molecular weight is 270 g/mol. The van der Waals surface area contributed by atoms with E-state index in [1.807, 2.05) is 24.3 Å². The van der Waals surface area contributed by atoms with Gasteiger partial charge in [-0.1, -0.05) is 12.2 Å². The van der Waals surface area contributed by atoms with Crippen molar-refractivity contribution in [2.45, 2.75) is 25.4 Å². The lowest BCUT2D eigenvalue weighted by atomic mass is 10.4. The standard InChI is InChI=1S/C14H22O5/c1(5-13-16-9-3-10-17-13)7-15-8-2-6-14-18-11-4-12-19-14/h1-2,5-6,13-14H,3-4,7-12H2. The summed E-state index contributed by atoms with van der Waals surface area (Å²) in [7, 11) is 0. The second kappa shape index (κ2) is 9.23. The largest absolute Gasteiger partial charge is 0.373 e. The molecule has 0 aromatic heterocycles. The van der Waals surface area contributed by atoms with Crippen LogP contribution >= 0.6 is 0 Å². The fourth-order valence-electron chi connectivity index (χ4n) is 1.77. The molecule has 5 nitrogen and oxygen atoms in total. The molecule has 0 unspecified atom stereocenters. The maximum atomic E-state index is 5.42. The van der Waals surface area contributed by atoms with Gasteiger partial charge in [-0.15, -0.1) is 0 Å². The van der Waals surface area contributed by atoms with Gasteiger partial charge in [-0.3, -0.25) is 0 Å². The van der Waals surface area contributed by atoms with Crippen molar-refractivity contribution in [2.75, 3.05) is 39.6 Å². The van der Waals surface area contributed by atoms with Gasteiger partial charge in [-0.25, -0.2) is 0 Å². The first kappa shape index (κ1) is 14.7. The molecule has 0 aromatic rings. The minimum atomic E-state index is -0.211. The molecule has 0 saturated carbocycles. The summed E-state index contributed by atoms with van der Waals surface area (Å²) in [6.45, 7) is 4.14. The molecular formula is C14H22O5. The summed E-state index contributed by atoms with van der Waals surface area (Å²) in [5, 5.41) is 0. The van der Waals surface area contributed by atoms with Crippen molar-refractivity contribution in [2.24, 2.45) is 0 Å². The molecule has 2 fully saturated rings. The third-order valence-electron chi connectivity index (χ3n) is 2.72. The van der Waals surface area contributed by atoms with Gasteiger partial charge in [-0.05, 0) is 25.0 Å². The van der Waals surface area contributed by atoms with Crippen molar-refractivity contribution in [3.05, 3.63) is 24.3 Å². The van der Waals surface area contributed by atoms with Crippen LogP contribution < -0.4 is 0 Å². The van der Waals surface area contributed by atoms with E-state index >= 15 is 0 Å². The number of hydrogen-bond acceptors (Lipinski definition) is 5. The molecule has 0 atom stereocenters. The minimum absolute atomic E-state index is 0.211. The molecule has 19 heavy (non-hydrogen) atoms. The predicted octanol–water partition coefficient (Wildman–Crippen LogP) is 1.64. The fourth-order valence-corrected chi connectivity index (χ4v) is 1.77. The zero-order chi connectivity index (χ0) is 13.2. The van der Waals surface area contributed by atoms with Crippen LogP contribution in [0.1, 0.15) is 12.8 Å². The molecule has 0 N–H and O–H groups in total. The zero-order valence-electron chi connectivity index (χ0n) is 11.2. The highest BCUT2D eigenvalue weighted by Gasteiger charge is 2.10. The van der Waals surface area contributed by atoms with E-state index in [9.17, 15) is 0 Å². The van der Waals surface area contributed by atoms with Crippen molar-refractivity contribution >= 4 is 0 Å². The average Bonchev–Trinajstić information content (AvgIpc) is 2.48. The summed E-state index contributed by atoms with van der Waals surface area (Å²) < 4.78 is 26.9. The Kier molecular flexibility index (Phi) is 7.13. The minimum Gasteiger partial charge on any atom is -0.373 e. The molecule has 2 saturated heterocycles. The predicted molar refractivity (Wildman–Crippen MR) is 69.7 cm³/mol. The van der Waals surface area contributed by atoms with E-state index in [1.54, 1.807) is 0 Å². The normalized spacial score (nSPS) is 23.6. The van der Waals surface area contributed by atoms with Gasteiger partial charge in [0.25, 0.3) is 0 Å². The van der Waals surface area contributed by atoms with Gasteiger partial charge >= 0.3 is 0 Å². The highest BCUT2D eigenvalue weighted by molar-refractivity contribution is 4.88. The topological polar surface area (TPSA) is 46.2 Å². The summed E-state index contributed by atoms with van der Waals surface area (Å²) in [4.78, 5) is 0. The van der Waals surface area contributed by atoms with E-state index in [1.165, 1.54) is 0 Å². The van der Waals surface area contributed by atoms with Gasteiger partial charge in [0.05, 0.1) is 39.6 Å². The third-order valence-corrected chi connectivity index (χ3v) is 2.72. The molecule has 0 aromatic carbocycles. The van der Waals surface area contributed by atoms with E-state index in [2.05, 4.69) is 0 Å². The fraction of sp³-hybridized carbons (Fsp3) is 0.714. The molecule has 0 amide bonds. The van der Waals surface area contributed by atoms with Crippen molar-refractivity contribution in [1.82, 2.24) is 0 Å². The first-order chi connectivity index (χ1) is 9.45. The summed E-state index contributed by atoms with van der Waals surface area (Å²) in [6.07, 6.45) is 9.11. The third kappa shape index (κ3) is 6.31. The van der Waals surface area contributed by atoms with E-state index in [0.717, 1.165) is 39.3 Å². The molecule has 0 radical (unpaired) electrons. The Bertz CT molecular complexity index is 250. The van der Waals surface area contributed by atoms with Crippen LogP contribution in [0.25, 0.3) is 0 Å². The smallest absolute Gasteiger partial charge is 0.176 e. The summed E-state index contributed by atoms with van der Waals surface area (Å²) in [5.74, 6) is 0.